The highest BCUT2D eigenvalue weighted by Gasteiger charge is 2.21. The van der Waals surface area contributed by atoms with Crippen LogP contribution in [0, 0.1) is 5.41 Å². The zero-order valence-corrected chi connectivity index (χ0v) is 11.4. The Morgan fingerprint density at radius 2 is 1.75 bits per heavy atom. The molecule has 1 atom stereocenters. The Labute approximate surface area is 98.9 Å². The number of carbonyl (C=O) groups is 1. The average Bonchev–Trinajstić information content (AvgIpc) is 2.17. The molecule has 0 saturated carbocycles. The first-order valence-electron chi connectivity index (χ1n) is 5.86. The van der Waals surface area contributed by atoms with Gasteiger partial charge < -0.3 is 10.6 Å². The van der Waals surface area contributed by atoms with Gasteiger partial charge in [-0.2, -0.15) is 0 Å². The van der Waals surface area contributed by atoms with Gasteiger partial charge in [0.05, 0.1) is 0 Å². The van der Waals surface area contributed by atoms with Crippen LogP contribution in [-0.2, 0) is 4.79 Å². The Balaban J connectivity index is 4.70. The molecule has 0 aliphatic rings. The summed E-state index contributed by atoms with van der Waals surface area (Å²) in [6.45, 7) is 13.1. The van der Waals surface area contributed by atoms with Gasteiger partial charge in [0.25, 0.3) is 0 Å². The third-order valence-corrected chi connectivity index (χ3v) is 2.53. The number of amides is 1. The van der Waals surface area contributed by atoms with E-state index in [1.165, 1.54) is 0 Å². The van der Waals surface area contributed by atoms with Crippen molar-refractivity contribution in [2.45, 2.75) is 47.6 Å². The quantitative estimate of drug-likeness (QED) is 0.586. The van der Waals surface area contributed by atoms with Gasteiger partial charge in [0, 0.05) is 18.5 Å². The fourth-order valence-corrected chi connectivity index (χ4v) is 1.26. The molecule has 0 rings (SSSR count). The van der Waals surface area contributed by atoms with Crippen molar-refractivity contribution >= 4 is 11.7 Å². The van der Waals surface area contributed by atoms with Crippen molar-refractivity contribution in [3.8, 4) is 0 Å². The number of hydrogen-bond acceptors (Lipinski definition) is 2. The first-order valence-corrected chi connectivity index (χ1v) is 5.86. The molecule has 4 heteroatoms. The molecule has 0 bridgehead atoms. The standard InChI is InChI=1S/C12H25N3O/c1-7-15(8-2)10(16)9(3)14-11(13)12(4,5)6/h9H,7-8H2,1-6H3,(H2,13,14). The fraction of sp³-hybridized carbons (Fsp3) is 0.833. The second-order valence-electron chi connectivity index (χ2n) is 4.95. The highest BCUT2D eigenvalue weighted by Crippen LogP contribution is 2.14. The van der Waals surface area contributed by atoms with Gasteiger partial charge in [-0.1, -0.05) is 20.8 Å². The van der Waals surface area contributed by atoms with E-state index in [1.54, 1.807) is 11.8 Å². The topological polar surface area (TPSA) is 58.7 Å². The minimum atomic E-state index is -0.390. The van der Waals surface area contributed by atoms with Crippen molar-refractivity contribution < 1.29 is 4.79 Å². The summed E-state index contributed by atoms with van der Waals surface area (Å²) in [5, 5.41) is 0. The normalized spacial score (nSPS) is 14.8. The summed E-state index contributed by atoms with van der Waals surface area (Å²) >= 11 is 0. The molecule has 2 N–H and O–H groups in total. The minimum Gasteiger partial charge on any atom is -0.387 e. The molecule has 0 spiro atoms. The number of aliphatic imine (C=N–C) groups is 1. The third-order valence-electron chi connectivity index (χ3n) is 2.53. The van der Waals surface area contributed by atoms with E-state index in [0.29, 0.717) is 18.9 Å². The molecular weight excluding hydrogens is 202 g/mol. The minimum absolute atomic E-state index is 0.0391. The van der Waals surface area contributed by atoms with Gasteiger partial charge in [-0.15, -0.1) is 0 Å². The van der Waals surface area contributed by atoms with Crippen molar-refractivity contribution in [1.82, 2.24) is 4.90 Å². The maximum atomic E-state index is 11.9. The lowest BCUT2D eigenvalue weighted by Crippen LogP contribution is -2.39. The molecule has 0 saturated heterocycles. The van der Waals surface area contributed by atoms with Crippen LogP contribution in [0.3, 0.4) is 0 Å². The van der Waals surface area contributed by atoms with Gasteiger partial charge in [-0.25, -0.2) is 0 Å². The Hall–Kier alpha value is -1.06. The number of hydrogen-bond donors (Lipinski definition) is 1. The summed E-state index contributed by atoms with van der Waals surface area (Å²) in [6, 6.07) is -0.390. The molecule has 1 unspecified atom stereocenters. The second kappa shape index (κ2) is 5.87. The summed E-state index contributed by atoms with van der Waals surface area (Å²) in [7, 11) is 0. The largest absolute Gasteiger partial charge is 0.387 e. The summed E-state index contributed by atoms with van der Waals surface area (Å²) < 4.78 is 0. The lowest BCUT2D eigenvalue weighted by atomic mass is 9.95. The summed E-state index contributed by atoms with van der Waals surface area (Å²) in [6.07, 6.45) is 0. The molecule has 0 radical (unpaired) electrons. The maximum absolute atomic E-state index is 11.9. The number of rotatable bonds is 4. The highest BCUT2D eigenvalue weighted by molar-refractivity contribution is 5.89. The Morgan fingerprint density at radius 1 is 1.31 bits per heavy atom. The molecule has 0 aliphatic carbocycles. The summed E-state index contributed by atoms with van der Waals surface area (Å²) in [5.41, 5.74) is 5.67. The van der Waals surface area contributed by atoms with E-state index in [0.717, 1.165) is 0 Å². The SMILES string of the molecule is CCN(CC)C(=O)C(C)N=C(N)C(C)(C)C. The predicted molar refractivity (Wildman–Crippen MR) is 68.5 cm³/mol. The van der Waals surface area contributed by atoms with Gasteiger partial charge in [-0.05, 0) is 20.8 Å². The average molecular weight is 227 g/mol. The number of nitrogens with zero attached hydrogens (tertiary/aromatic N) is 2. The molecule has 0 aromatic rings. The Morgan fingerprint density at radius 3 is 2.06 bits per heavy atom. The summed E-state index contributed by atoms with van der Waals surface area (Å²) in [4.78, 5) is 18.0. The van der Waals surface area contributed by atoms with Crippen molar-refractivity contribution in [3.05, 3.63) is 0 Å². The number of likely N-dealkylation sites (N-methyl/N-ethyl adjacent to an activating group) is 1. The van der Waals surface area contributed by atoms with Crippen molar-refractivity contribution in [3.63, 3.8) is 0 Å². The van der Waals surface area contributed by atoms with Crippen LogP contribution < -0.4 is 5.73 Å². The fourth-order valence-electron chi connectivity index (χ4n) is 1.26. The summed E-state index contributed by atoms with van der Waals surface area (Å²) in [5.74, 6) is 0.567. The number of nitrogens with two attached hydrogens (primary N) is 1. The molecule has 0 aromatic carbocycles. The first-order chi connectivity index (χ1) is 7.23. The van der Waals surface area contributed by atoms with Crippen LogP contribution in [0.2, 0.25) is 0 Å². The van der Waals surface area contributed by atoms with Crippen LogP contribution in [0.15, 0.2) is 4.99 Å². The smallest absolute Gasteiger partial charge is 0.247 e. The monoisotopic (exact) mass is 227 g/mol. The molecular formula is C12H25N3O. The van der Waals surface area contributed by atoms with E-state index in [2.05, 4.69) is 4.99 Å². The Kier molecular flexibility index (Phi) is 5.48. The van der Waals surface area contributed by atoms with Crippen LogP contribution >= 0.6 is 0 Å². The third kappa shape index (κ3) is 4.21. The lowest BCUT2D eigenvalue weighted by Gasteiger charge is -2.23. The zero-order valence-electron chi connectivity index (χ0n) is 11.4. The molecule has 0 aromatic heterocycles. The van der Waals surface area contributed by atoms with Gasteiger partial charge in [-0.3, -0.25) is 9.79 Å². The molecule has 0 heterocycles. The lowest BCUT2D eigenvalue weighted by molar-refractivity contribution is -0.131. The van der Waals surface area contributed by atoms with E-state index < -0.39 is 0 Å². The molecule has 1 amide bonds. The van der Waals surface area contributed by atoms with E-state index in [1.807, 2.05) is 34.6 Å². The highest BCUT2D eigenvalue weighted by atomic mass is 16.2. The van der Waals surface area contributed by atoms with Crippen molar-refractivity contribution in [2.24, 2.45) is 16.1 Å². The van der Waals surface area contributed by atoms with Gasteiger partial charge >= 0.3 is 0 Å². The van der Waals surface area contributed by atoms with Crippen LogP contribution in [-0.4, -0.2) is 35.8 Å². The van der Waals surface area contributed by atoms with E-state index >= 15 is 0 Å². The van der Waals surface area contributed by atoms with Crippen LogP contribution in [0.25, 0.3) is 0 Å². The van der Waals surface area contributed by atoms with Crippen LogP contribution in [0.1, 0.15) is 41.5 Å². The Bertz CT molecular complexity index is 262. The van der Waals surface area contributed by atoms with Gasteiger partial charge in [0.2, 0.25) is 5.91 Å². The predicted octanol–water partition coefficient (Wildman–Crippen LogP) is 1.65. The van der Waals surface area contributed by atoms with Crippen molar-refractivity contribution in [1.29, 1.82) is 0 Å². The van der Waals surface area contributed by atoms with Crippen LogP contribution in [0.5, 0.6) is 0 Å². The van der Waals surface area contributed by atoms with Gasteiger partial charge in [0.1, 0.15) is 11.9 Å². The van der Waals surface area contributed by atoms with E-state index in [9.17, 15) is 4.79 Å². The van der Waals surface area contributed by atoms with Gasteiger partial charge in [0.15, 0.2) is 0 Å². The molecule has 16 heavy (non-hydrogen) atoms. The van der Waals surface area contributed by atoms with Crippen molar-refractivity contribution in [2.75, 3.05) is 13.1 Å². The van der Waals surface area contributed by atoms with Crippen LogP contribution in [0.4, 0.5) is 0 Å². The van der Waals surface area contributed by atoms with E-state index in [4.69, 9.17) is 5.73 Å². The molecule has 94 valence electrons. The zero-order chi connectivity index (χ0) is 12.9. The molecule has 4 nitrogen and oxygen atoms in total. The molecule has 0 aliphatic heterocycles. The first kappa shape index (κ1) is 14.9. The maximum Gasteiger partial charge on any atom is 0.247 e. The number of carbonyl (C=O) groups excluding carboxylic acids is 1. The van der Waals surface area contributed by atoms with E-state index in [-0.39, 0.29) is 17.4 Å². The molecule has 0 fully saturated rings. The second-order valence-corrected chi connectivity index (χ2v) is 4.95. The number of amidine groups is 1.